The average Bonchev–Trinajstić information content (AvgIpc) is 3.34. The van der Waals surface area contributed by atoms with E-state index in [9.17, 15) is 4.79 Å². The Bertz CT molecular complexity index is 934. The van der Waals surface area contributed by atoms with E-state index in [0.717, 1.165) is 48.7 Å². The van der Waals surface area contributed by atoms with Crippen LogP contribution in [0, 0.1) is 13.8 Å². The van der Waals surface area contributed by atoms with Crippen LogP contribution in [0.2, 0.25) is 0 Å². The van der Waals surface area contributed by atoms with Gasteiger partial charge in [0.05, 0.1) is 23.3 Å². The lowest BCUT2D eigenvalue weighted by molar-refractivity contribution is 0.0702. The van der Waals surface area contributed by atoms with Gasteiger partial charge >= 0.3 is 0 Å². The molecule has 3 aromatic heterocycles. The summed E-state index contributed by atoms with van der Waals surface area (Å²) in [6, 6.07) is 1.97. The van der Waals surface area contributed by atoms with E-state index in [1.54, 1.807) is 17.5 Å². The van der Waals surface area contributed by atoms with Crippen LogP contribution in [0.25, 0.3) is 0 Å². The first-order chi connectivity index (χ1) is 13.1. The van der Waals surface area contributed by atoms with Crippen molar-refractivity contribution in [1.29, 1.82) is 0 Å². The van der Waals surface area contributed by atoms with E-state index in [-0.39, 0.29) is 11.8 Å². The molecule has 1 saturated heterocycles. The van der Waals surface area contributed by atoms with Crippen molar-refractivity contribution >= 4 is 17.2 Å². The van der Waals surface area contributed by atoms with Crippen LogP contribution < -0.4 is 0 Å². The number of hydrogen-bond donors (Lipinski definition) is 0. The molecular formula is C20H23N5OS. The van der Waals surface area contributed by atoms with Gasteiger partial charge in [-0.3, -0.25) is 9.78 Å². The van der Waals surface area contributed by atoms with Crippen LogP contribution in [0.15, 0.2) is 35.5 Å². The Hall–Kier alpha value is -2.54. The number of carbonyl (C=O) groups is 1. The van der Waals surface area contributed by atoms with Gasteiger partial charge in [0.25, 0.3) is 5.91 Å². The molecule has 1 aliphatic heterocycles. The summed E-state index contributed by atoms with van der Waals surface area (Å²) in [5.41, 5.74) is 5.52. The topological polar surface area (TPSA) is 63.9 Å². The predicted octanol–water partition coefficient (Wildman–Crippen LogP) is 3.42. The molecule has 0 bridgehead atoms. The first-order valence-electron chi connectivity index (χ1n) is 9.22. The molecule has 140 valence electrons. The van der Waals surface area contributed by atoms with E-state index < -0.39 is 0 Å². The highest BCUT2D eigenvalue weighted by molar-refractivity contribution is 7.07. The molecule has 1 amide bonds. The highest BCUT2D eigenvalue weighted by Gasteiger charge is 2.28. The summed E-state index contributed by atoms with van der Waals surface area (Å²) in [6.07, 6.45) is 7.58. The van der Waals surface area contributed by atoms with Crippen LogP contribution in [0.4, 0.5) is 0 Å². The Morgan fingerprint density at radius 1 is 1.30 bits per heavy atom. The summed E-state index contributed by atoms with van der Waals surface area (Å²) in [6.45, 7) is 6.13. The highest BCUT2D eigenvalue weighted by atomic mass is 32.1. The van der Waals surface area contributed by atoms with Crippen LogP contribution in [-0.4, -0.2) is 43.4 Å². The van der Waals surface area contributed by atoms with Gasteiger partial charge in [-0.25, -0.2) is 9.97 Å². The maximum atomic E-state index is 13.0. The van der Waals surface area contributed by atoms with E-state index in [1.807, 2.05) is 42.7 Å². The van der Waals surface area contributed by atoms with E-state index in [2.05, 4.69) is 24.9 Å². The Morgan fingerprint density at radius 3 is 2.96 bits per heavy atom. The maximum Gasteiger partial charge on any atom is 0.255 e. The second-order valence-corrected chi connectivity index (χ2v) is 7.84. The number of imidazole rings is 1. The van der Waals surface area contributed by atoms with Crippen molar-refractivity contribution in [2.75, 3.05) is 13.1 Å². The summed E-state index contributed by atoms with van der Waals surface area (Å²) in [5.74, 6) is 1.36. The van der Waals surface area contributed by atoms with Crippen molar-refractivity contribution in [3.63, 3.8) is 0 Å². The van der Waals surface area contributed by atoms with Crippen LogP contribution in [-0.2, 0) is 6.54 Å². The van der Waals surface area contributed by atoms with Gasteiger partial charge in [0.1, 0.15) is 5.82 Å². The van der Waals surface area contributed by atoms with Gasteiger partial charge < -0.3 is 9.47 Å². The smallest absolute Gasteiger partial charge is 0.255 e. The number of likely N-dealkylation sites (tertiary alicyclic amines) is 1. The lowest BCUT2D eigenvalue weighted by Crippen LogP contribution is -2.40. The zero-order chi connectivity index (χ0) is 18.8. The van der Waals surface area contributed by atoms with Crippen molar-refractivity contribution < 1.29 is 4.79 Å². The third-order valence-corrected chi connectivity index (χ3v) is 5.75. The van der Waals surface area contributed by atoms with Gasteiger partial charge in [0, 0.05) is 48.7 Å². The number of aryl methyl sites for hydroxylation is 2. The van der Waals surface area contributed by atoms with E-state index in [1.165, 1.54) is 0 Å². The lowest BCUT2D eigenvalue weighted by atomic mass is 9.96. The van der Waals surface area contributed by atoms with Gasteiger partial charge in [-0.15, -0.1) is 11.3 Å². The Kier molecular flexibility index (Phi) is 5.03. The standard InChI is InChI=1S/C20H23N5OS/c1-14-8-15(2)22-9-18(14)20(26)25-6-3-4-16(10-25)19-21-5-7-24(19)11-17-12-27-13-23-17/h5,7-9,12-13,16H,3-4,6,10-11H2,1-2H3. The van der Waals surface area contributed by atoms with Crippen molar-refractivity contribution in [1.82, 2.24) is 24.4 Å². The third-order valence-electron chi connectivity index (χ3n) is 5.12. The zero-order valence-electron chi connectivity index (χ0n) is 15.6. The number of aromatic nitrogens is 4. The molecule has 0 aliphatic carbocycles. The molecule has 0 N–H and O–H groups in total. The Morgan fingerprint density at radius 2 is 2.19 bits per heavy atom. The van der Waals surface area contributed by atoms with E-state index in [0.29, 0.717) is 12.1 Å². The van der Waals surface area contributed by atoms with Gasteiger partial charge in [0.15, 0.2) is 0 Å². The molecule has 1 unspecified atom stereocenters. The summed E-state index contributed by atoms with van der Waals surface area (Å²) in [7, 11) is 0. The number of piperidine rings is 1. The monoisotopic (exact) mass is 381 g/mol. The Labute approximate surface area is 162 Å². The normalized spacial score (nSPS) is 17.3. The van der Waals surface area contributed by atoms with Crippen molar-refractivity contribution in [3.8, 4) is 0 Å². The fourth-order valence-electron chi connectivity index (χ4n) is 3.77. The molecule has 6 nitrogen and oxygen atoms in total. The SMILES string of the molecule is Cc1cc(C)c(C(=O)N2CCCC(c3nccn3Cc3cscn3)C2)cn1. The largest absolute Gasteiger partial charge is 0.338 e. The zero-order valence-corrected chi connectivity index (χ0v) is 16.4. The highest BCUT2D eigenvalue weighted by Crippen LogP contribution is 2.27. The number of amides is 1. The second kappa shape index (κ2) is 7.60. The first kappa shape index (κ1) is 17.9. The molecule has 3 aromatic rings. The molecule has 0 radical (unpaired) electrons. The molecule has 1 atom stereocenters. The van der Waals surface area contributed by atoms with Gasteiger partial charge in [-0.1, -0.05) is 0 Å². The number of hydrogen-bond acceptors (Lipinski definition) is 5. The molecule has 0 spiro atoms. The minimum atomic E-state index is 0.0716. The molecule has 1 fully saturated rings. The number of rotatable bonds is 4. The van der Waals surface area contributed by atoms with Crippen LogP contribution in [0.1, 0.15) is 51.9 Å². The molecule has 4 heterocycles. The summed E-state index contributed by atoms with van der Waals surface area (Å²) >= 11 is 1.60. The summed E-state index contributed by atoms with van der Waals surface area (Å²) in [4.78, 5) is 28.3. The third kappa shape index (κ3) is 3.78. The van der Waals surface area contributed by atoms with Crippen LogP contribution >= 0.6 is 11.3 Å². The fraction of sp³-hybridized carbons (Fsp3) is 0.400. The van der Waals surface area contributed by atoms with E-state index >= 15 is 0 Å². The molecule has 27 heavy (non-hydrogen) atoms. The van der Waals surface area contributed by atoms with Gasteiger partial charge in [-0.05, 0) is 38.3 Å². The number of pyridine rings is 1. The molecule has 0 saturated carbocycles. The minimum absolute atomic E-state index is 0.0716. The van der Waals surface area contributed by atoms with Crippen LogP contribution in [0.3, 0.4) is 0 Å². The first-order valence-corrected chi connectivity index (χ1v) is 10.2. The number of thiazole rings is 1. The lowest BCUT2D eigenvalue weighted by Gasteiger charge is -2.33. The number of nitrogens with zero attached hydrogens (tertiary/aromatic N) is 5. The van der Waals surface area contributed by atoms with Gasteiger partial charge in [0.2, 0.25) is 0 Å². The average molecular weight is 382 g/mol. The van der Waals surface area contributed by atoms with Crippen molar-refractivity contribution in [3.05, 3.63) is 63.9 Å². The fourth-order valence-corrected chi connectivity index (χ4v) is 4.32. The van der Waals surface area contributed by atoms with Crippen molar-refractivity contribution in [2.45, 2.75) is 39.2 Å². The molecule has 1 aliphatic rings. The summed E-state index contributed by atoms with van der Waals surface area (Å²) in [5, 5.41) is 2.06. The predicted molar refractivity (Wildman–Crippen MR) is 105 cm³/mol. The van der Waals surface area contributed by atoms with Crippen LogP contribution in [0.5, 0.6) is 0 Å². The minimum Gasteiger partial charge on any atom is -0.338 e. The molecule has 0 aromatic carbocycles. The van der Waals surface area contributed by atoms with Gasteiger partial charge in [-0.2, -0.15) is 0 Å². The second-order valence-electron chi connectivity index (χ2n) is 7.12. The molecular weight excluding hydrogens is 358 g/mol. The van der Waals surface area contributed by atoms with Crippen molar-refractivity contribution in [2.24, 2.45) is 0 Å². The number of carbonyl (C=O) groups excluding carboxylic acids is 1. The Balaban J connectivity index is 1.52. The van der Waals surface area contributed by atoms with E-state index in [4.69, 9.17) is 0 Å². The maximum absolute atomic E-state index is 13.0. The molecule has 4 rings (SSSR count). The summed E-state index contributed by atoms with van der Waals surface area (Å²) < 4.78 is 2.16. The quantitative estimate of drug-likeness (QED) is 0.695. The molecule has 7 heteroatoms.